The minimum absolute atomic E-state index is 0.0744. The quantitative estimate of drug-likeness (QED) is 0.358. The van der Waals surface area contributed by atoms with Crippen molar-refractivity contribution in [1.29, 1.82) is 0 Å². The molecule has 0 aromatic heterocycles. The molecule has 6 atom stereocenters. The first-order valence-corrected chi connectivity index (χ1v) is 5.61. The Morgan fingerprint density at radius 2 is 1.94 bits per heavy atom. The highest BCUT2D eigenvalue weighted by Gasteiger charge is 2.44. The molecule has 5 unspecified atom stereocenters. The number of primary amides is 1. The van der Waals surface area contributed by atoms with Gasteiger partial charge in [-0.2, -0.15) is 0 Å². The third kappa shape index (κ3) is 3.61. The van der Waals surface area contributed by atoms with Crippen LogP contribution in [-0.4, -0.2) is 69.8 Å². The Kier molecular flexibility index (Phi) is 5.45. The summed E-state index contributed by atoms with van der Waals surface area (Å²) in [5.41, 5.74) is 4.98. The van der Waals surface area contributed by atoms with E-state index in [-0.39, 0.29) is 6.42 Å². The lowest BCUT2D eigenvalue weighted by Crippen LogP contribution is -2.59. The van der Waals surface area contributed by atoms with E-state index in [9.17, 15) is 20.1 Å². The van der Waals surface area contributed by atoms with Gasteiger partial charge in [0, 0.05) is 0 Å². The maximum Gasteiger partial charge on any atom is 0.220 e. The molecule has 8 nitrogen and oxygen atoms in total. The Morgan fingerprint density at radius 1 is 1.33 bits per heavy atom. The number of aliphatic hydroxyl groups excluding tert-OH is 4. The first-order valence-electron chi connectivity index (χ1n) is 5.61. The van der Waals surface area contributed by atoms with Gasteiger partial charge in [-0.1, -0.05) is 0 Å². The summed E-state index contributed by atoms with van der Waals surface area (Å²) in [7, 11) is 0. The van der Waals surface area contributed by atoms with E-state index in [1.54, 1.807) is 6.92 Å². The third-order valence-corrected chi connectivity index (χ3v) is 2.70. The zero-order chi connectivity index (χ0) is 13.9. The second kappa shape index (κ2) is 6.41. The molecule has 0 spiro atoms. The Bertz CT molecular complexity index is 285. The van der Waals surface area contributed by atoms with Crippen molar-refractivity contribution < 1.29 is 34.7 Å². The molecule has 1 heterocycles. The van der Waals surface area contributed by atoms with Gasteiger partial charge in [-0.15, -0.1) is 0 Å². The molecule has 8 heteroatoms. The van der Waals surface area contributed by atoms with Gasteiger partial charge in [-0.25, -0.2) is 0 Å². The van der Waals surface area contributed by atoms with Crippen LogP contribution in [0.4, 0.5) is 0 Å². The fraction of sp³-hybridized carbons (Fsp3) is 0.900. The van der Waals surface area contributed by atoms with E-state index in [1.807, 2.05) is 0 Å². The van der Waals surface area contributed by atoms with Crippen molar-refractivity contribution in [1.82, 2.24) is 0 Å². The van der Waals surface area contributed by atoms with E-state index in [4.69, 9.17) is 20.3 Å². The first kappa shape index (κ1) is 15.3. The lowest BCUT2D eigenvalue weighted by atomic mass is 9.99. The minimum Gasteiger partial charge on any atom is -0.394 e. The molecular formula is C10H19NO7. The molecule has 18 heavy (non-hydrogen) atoms. The molecule has 6 N–H and O–H groups in total. The maximum absolute atomic E-state index is 10.7. The molecule has 1 fully saturated rings. The summed E-state index contributed by atoms with van der Waals surface area (Å²) in [6.07, 6.45) is -7.38. The van der Waals surface area contributed by atoms with Gasteiger partial charge in [0.05, 0.1) is 19.1 Å². The highest BCUT2D eigenvalue weighted by Crippen LogP contribution is 2.23. The van der Waals surface area contributed by atoms with Crippen LogP contribution in [0, 0.1) is 0 Å². The summed E-state index contributed by atoms with van der Waals surface area (Å²) in [5.74, 6) is -0.577. The van der Waals surface area contributed by atoms with Crippen LogP contribution in [0.3, 0.4) is 0 Å². The van der Waals surface area contributed by atoms with E-state index in [0.29, 0.717) is 0 Å². The molecule has 0 aliphatic carbocycles. The van der Waals surface area contributed by atoms with Gasteiger partial charge in [0.2, 0.25) is 5.91 Å². The van der Waals surface area contributed by atoms with Crippen LogP contribution in [0.5, 0.6) is 0 Å². The summed E-state index contributed by atoms with van der Waals surface area (Å²) in [6, 6.07) is 0. The van der Waals surface area contributed by atoms with Crippen LogP contribution in [0.15, 0.2) is 0 Å². The molecule has 106 valence electrons. The normalized spacial score (nSPS) is 38.4. The zero-order valence-electron chi connectivity index (χ0n) is 9.97. The van der Waals surface area contributed by atoms with Crippen LogP contribution >= 0.6 is 0 Å². The lowest BCUT2D eigenvalue weighted by Gasteiger charge is -2.40. The summed E-state index contributed by atoms with van der Waals surface area (Å²) < 4.78 is 10.3. The number of carbonyl (C=O) groups excluding carboxylic acids is 1. The van der Waals surface area contributed by atoms with Gasteiger partial charge in [0.15, 0.2) is 6.29 Å². The molecule has 0 bridgehead atoms. The van der Waals surface area contributed by atoms with Crippen LogP contribution in [0.2, 0.25) is 0 Å². The van der Waals surface area contributed by atoms with Crippen LogP contribution < -0.4 is 5.73 Å². The van der Waals surface area contributed by atoms with Gasteiger partial charge in [0.1, 0.15) is 24.4 Å². The minimum atomic E-state index is -1.50. The van der Waals surface area contributed by atoms with Gasteiger partial charge in [0.25, 0.3) is 0 Å². The number of carbonyl (C=O) groups is 1. The fourth-order valence-electron chi connectivity index (χ4n) is 1.74. The summed E-state index contributed by atoms with van der Waals surface area (Å²) >= 11 is 0. The monoisotopic (exact) mass is 265 g/mol. The van der Waals surface area contributed by atoms with Crippen molar-refractivity contribution in [2.75, 3.05) is 6.61 Å². The average molecular weight is 265 g/mol. The molecule has 0 aromatic rings. The first-order chi connectivity index (χ1) is 8.36. The molecular weight excluding hydrogens is 246 g/mol. The van der Waals surface area contributed by atoms with E-state index < -0.39 is 49.3 Å². The van der Waals surface area contributed by atoms with E-state index in [1.165, 1.54) is 0 Å². The van der Waals surface area contributed by atoms with Crippen molar-refractivity contribution in [2.45, 2.75) is 50.2 Å². The molecule has 1 saturated heterocycles. The van der Waals surface area contributed by atoms with E-state index in [2.05, 4.69) is 0 Å². The Labute approximate surface area is 104 Å². The Hall–Kier alpha value is -0.770. The van der Waals surface area contributed by atoms with E-state index >= 15 is 0 Å². The zero-order valence-corrected chi connectivity index (χ0v) is 9.97. The molecule has 1 aliphatic heterocycles. The van der Waals surface area contributed by atoms with Gasteiger partial charge >= 0.3 is 0 Å². The smallest absolute Gasteiger partial charge is 0.220 e. The van der Waals surface area contributed by atoms with Crippen LogP contribution in [0.25, 0.3) is 0 Å². The fourth-order valence-corrected chi connectivity index (χ4v) is 1.74. The standard InChI is InChI=1S/C10H19NO7/c1-4(2-6(11)13)17-10-9(16)8(15)7(14)5(3-12)18-10/h4-5,7-10,12,14-16H,2-3H2,1H3,(H2,11,13)/t4?,5?,7-,8?,9?,10?/m1/s1. The topological polar surface area (TPSA) is 142 Å². The van der Waals surface area contributed by atoms with Crippen molar-refractivity contribution >= 4 is 5.91 Å². The number of aliphatic hydroxyl groups is 4. The number of ether oxygens (including phenoxy) is 2. The number of nitrogens with two attached hydrogens (primary N) is 1. The summed E-state index contributed by atoms with van der Waals surface area (Å²) in [4.78, 5) is 10.7. The predicted octanol–water partition coefficient (Wildman–Crippen LogP) is -2.93. The van der Waals surface area contributed by atoms with Crippen molar-refractivity contribution in [3.05, 3.63) is 0 Å². The highest BCUT2D eigenvalue weighted by molar-refractivity contribution is 5.74. The molecule has 1 aliphatic rings. The summed E-state index contributed by atoms with van der Waals surface area (Å²) in [5, 5.41) is 37.6. The molecule has 0 saturated carbocycles. The second-order valence-electron chi connectivity index (χ2n) is 4.31. The number of rotatable bonds is 5. The molecule has 1 amide bonds. The van der Waals surface area contributed by atoms with Crippen LogP contribution in [-0.2, 0) is 14.3 Å². The highest BCUT2D eigenvalue weighted by atomic mass is 16.7. The van der Waals surface area contributed by atoms with Crippen molar-refractivity contribution in [3.8, 4) is 0 Å². The van der Waals surface area contributed by atoms with Crippen molar-refractivity contribution in [2.24, 2.45) is 5.73 Å². The van der Waals surface area contributed by atoms with Crippen LogP contribution in [0.1, 0.15) is 13.3 Å². The van der Waals surface area contributed by atoms with Crippen molar-refractivity contribution in [3.63, 3.8) is 0 Å². The van der Waals surface area contributed by atoms with Gasteiger partial charge in [-0.05, 0) is 6.92 Å². The Balaban J connectivity index is 2.61. The van der Waals surface area contributed by atoms with Gasteiger partial charge < -0.3 is 35.6 Å². The largest absolute Gasteiger partial charge is 0.394 e. The third-order valence-electron chi connectivity index (χ3n) is 2.70. The average Bonchev–Trinajstić information content (AvgIpc) is 2.29. The number of hydrogen-bond donors (Lipinski definition) is 5. The number of hydrogen-bond acceptors (Lipinski definition) is 7. The molecule has 1 rings (SSSR count). The van der Waals surface area contributed by atoms with E-state index in [0.717, 1.165) is 0 Å². The lowest BCUT2D eigenvalue weighted by molar-refractivity contribution is -0.309. The summed E-state index contributed by atoms with van der Waals surface area (Å²) in [6.45, 7) is 1.02. The maximum atomic E-state index is 10.7. The predicted molar refractivity (Wildman–Crippen MR) is 58.1 cm³/mol. The number of amides is 1. The molecule has 0 radical (unpaired) electrons. The SMILES string of the molecule is CC(CC(N)=O)OC1OC(CO)[C@@H](O)C(O)C1O. The molecule has 0 aromatic carbocycles. The Morgan fingerprint density at radius 3 is 2.44 bits per heavy atom. The second-order valence-corrected chi connectivity index (χ2v) is 4.31. The van der Waals surface area contributed by atoms with Gasteiger partial charge in [-0.3, -0.25) is 4.79 Å².